The Kier molecular flexibility index (Phi) is 6.91. The molecule has 0 N–H and O–H groups in total. The van der Waals surface area contributed by atoms with E-state index >= 15 is 0 Å². The van der Waals surface area contributed by atoms with Crippen LogP contribution in [-0.2, 0) is 16.4 Å². The lowest BCUT2D eigenvalue weighted by Gasteiger charge is -2.55. The van der Waals surface area contributed by atoms with Gasteiger partial charge in [0.2, 0.25) is 0 Å². The summed E-state index contributed by atoms with van der Waals surface area (Å²) in [6, 6.07) is 32.1. The van der Waals surface area contributed by atoms with Crippen LogP contribution in [-0.4, -0.2) is 21.3 Å². The highest BCUT2D eigenvalue weighted by molar-refractivity contribution is 6.07. The Balaban J connectivity index is 1.46. The summed E-state index contributed by atoms with van der Waals surface area (Å²) in [6.45, 7) is 4.98. The summed E-state index contributed by atoms with van der Waals surface area (Å²) in [6.07, 6.45) is 10.8. The molecule has 4 nitrogen and oxygen atoms in total. The molecule has 0 amide bonds. The molecular weight excluding hydrogens is 580 g/mol. The van der Waals surface area contributed by atoms with Gasteiger partial charge in [-0.25, -0.2) is 0 Å². The maximum Gasteiger partial charge on any atom is 0.178 e. The highest BCUT2D eigenvalue weighted by atomic mass is 16.5. The predicted molar refractivity (Wildman–Crippen MR) is 190 cm³/mol. The Morgan fingerprint density at radius 1 is 0.638 bits per heavy atom. The van der Waals surface area contributed by atoms with Crippen LogP contribution in [0.4, 0.5) is 0 Å². The number of methoxy groups -OCH3 is 3. The van der Waals surface area contributed by atoms with Crippen LogP contribution in [0.2, 0.25) is 0 Å². The van der Waals surface area contributed by atoms with Gasteiger partial charge in [-0.3, -0.25) is 0 Å². The van der Waals surface area contributed by atoms with E-state index in [9.17, 15) is 0 Å². The average molecular weight is 623 g/mol. The van der Waals surface area contributed by atoms with Gasteiger partial charge < -0.3 is 18.9 Å². The molecule has 0 unspecified atom stereocenters. The largest absolute Gasteiger partial charge is 0.497 e. The lowest BCUT2D eigenvalue weighted by atomic mass is 9.48. The van der Waals surface area contributed by atoms with E-state index in [-0.39, 0.29) is 10.8 Å². The molecule has 1 saturated carbocycles. The van der Waals surface area contributed by atoms with Crippen molar-refractivity contribution in [1.29, 1.82) is 0 Å². The Morgan fingerprint density at radius 2 is 1.23 bits per heavy atom. The van der Waals surface area contributed by atoms with Gasteiger partial charge in [-0.15, -0.1) is 0 Å². The van der Waals surface area contributed by atoms with Gasteiger partial charge >= 0.3 is 0 Å². The molecule has 2 aliphatic carbocycles. The zero-order chi connectivity index (χ0) is 32.4. The van der Waals surface area contributed by atoms with E-state index in [0.29, 0.717) is 0 Å². The monoisotopic (exact) mass is 622 g/mol. The second-order valence-corrected chi connectivity index (χ2v) is 13.8. The average Bonchev–Trinajstić information content (AvgIpc) is 3.13. The fourth-order valence-electron chi connectivity index (χ4n) is 9.08. The van der Waals surface area contributed by atoms with Gasteiger partial charge in [0.15, 0.2) is 5.60 Å². The number of hydrogen-bond donors (Lipinski definition) is 0. The van der Waals surface area contributed by atoms with Crippen LogP contribution in [0.25, 0.3) is 28.0 Å². The van der Waals surface area contributed by atoms with Crippen molar-refractivity contribution < 1.29 is 18.9 Å². The topological polar surface area (TPSA) is 36.9 Å². The van der Waals surface area contributed by atoms with Gasteiger partial charge in [-0.05, 0) is 89.0 Å². The summed E-state index contributed by atoms with van der Waals surface area (Å²) in [5.41, 5.74) is 7.82. The van der Waals surface area contributed by atoms with Crippen LogP contribution >= 0.6 is 0 Å². The number of hydrogen-bond acceptors (Lipinski definition) is 4. The van der Waals surface area contributed by atoms with Crippen molar-refractivity contribution in [2.75, 3.05) is 21.3 Å². The minimum absolute atomic E-state index is 0.0527. The predicted octanol–water partition coefficient (Wildman–Crippen LogP) is 10.4. The van der Waals surface area contributed by atoms with Crippen molar-refractivity contribution in [1.82, 2.24) is 0 Å². The number of fused-ring (bicyclic) bond motifs is 9. The van der Waals surface area contributed by atoms with Gasteiger partial charge in [-0.2, -0.15) is 0 Å². The molecule has 47 heavy (non-hydrogen) atoms. The maximum absolute atomic E-state index is 7.55. The van der Waals surface area contributed by atoms with Crippen molar-refractivity contribution in [3.8, 4) is 34.1 Å². The van der Waals surface area contributed by atoms with E-state index in [1.165, 1.54) is 65.3 Å². The quantitative estimate of drug-likeness (QED) is 0.195. The molecule has 1 aliphatic heterocycles. The first-order valence-electron chi connectivity index (χ1n) is 16.8. The van der Waals surface area contributed by atoms with Gasteiger partial charge in [0, 0.05) is 32.9 Å². The minimum Gasteiger partial charge on any atom is -0.497 e. The molecule has 5 aromatic rings. The molecule has 0 bridgehead atoms. The number of ether oxygens (including phenoxy) is 4. The molecule has 8 rings (SSSR count). The molecule has 3 aliphatic rings. The zero-order valence-corrected chi connectivity index (χ0v) is 28.0. The zero-order valence-electron chi connectivity index (χ0n) is 28.0. The Labute approximate surface area is 278 Å². The molecule has 0 atom stereocenters. The Morgan fingerprint density at radius 3 is 1.85 bits per heavy atom. The molecule has 1 spiro atoms. The van der Waals surface area contributed by atoms with Crippen LogP contribution in [0.3, 0.4) is 0 Å². The first kappa shape index (κ1) is 29.7. The third-order valence-corrected chi connectivity index (χ3v) is 11.5. The van der Waals surface area contributed by atoms with Crippen LogP contribution in [0, 0.1) is 0 Å². The fraction of sp³-hybridized carbons (Fsp3) is 0.302. The smallest absolute Gasteiger partial charge is 0.178 e. The molecule has 238 valence electrons. The first-order chi connectivity index (χ1) is 22.9. The summed E-state index contributed by atoms with van der Waals surface area (Å²) in [4.78, 5) is 0. The first-order valence-corrected chi connectivity index (χ1v) is 16.8. The summed E-state index contributed by atoms with van der Waals surface area (Å²) in [5, 5.41) is 2.25. The molecule has 0 aromatic heterocycles. The second kappa shape index (κ2) is 10.9. The maximum atomic E-state index is 7.55. The van der Waals surface area contributed by atoms with Gasteiger partial charge in [0.1, 0.15) is 23.0 Å². The van der Waals surface area contributed by atoms with Crippen molar-refractivity contribution >= 4 is 16.8 Å². The van der Waals surface area contributed by atoms with E-state index in [1.54, 1.807) is 21.3 Å². The lowest BCUT2D eigenvalue weighted by Crippen LogP contribution is -2.50. The lowest BCUT2D eigenvalue weighted by molar-refractivity contribution is 0.158. The van der Waals surface area contributed by atoms with Crippen molar-refractivity contribution in [3.63, 3.8) is 0 Å². The third-order valence-electron chi connectivity index (χ3n) is 11.5. The van der Waals surface area contributed by atoms with Crippen LogP contribution in [0.1, 0.15) is 73.8 Å². The van der Waals surface area contributed by atoms with E-state index in [1.807, 2.05) is 24.3 Å². The fourth-order valence-corrected chi connectivity index (χ4v) is 9.08. The van der Waals surface area contributed by atoms with Crippen molar-refractivity contribution in [2.45, 2.75) is 62.4 Å². The summed E-state index contributed by atoms with van der Waals surface area (Å²) in [5.74, 6) is 3.32. The Hall–Kier alpha value is -4.70. The van der Waals surface area contributed by atoms with E-state index in [2.05, 4.69) is 92.7 Å². The molecular formula is C43H42O4. The minimum atomic E-state index is -0.880. The summed E-state index contributed by atoms with van der Waals surface area (Å²) < 4.78 is 24.5. The second-order valence-electron chi connectivity index (χ2n) is 13.8. The highest BCUT2D eigenvalue weighted by Crippen LogP contribution is 2.64. The van der Waals surface area contributed by atoms with Gasteiger partial charge in [0.05, 0.1) is 21.3 Å². The molecule has 1 heterocycles. The standard InChI is InChI=1S/C43H42O4/c1-41(2)39-35-23-26-43(28-13-17-30(44-3)18-14-28,29-15-19-31(45-4)20-16-29)47-40(35)36-27-32(46-5)21-22-33(36)38(39)34-11-7-8-12-37(34)42(41)24-9-6-10-25-42/h7-8,11-23,26-27H,6,9-10,24-25H2,1-5H3. The molecule has 4 heteroatoms. The Bertz CT molecular complexity index is 1960. The number of rotatable bonds is 5. The van der Waals surface area contributed by atoms with Crippen molar-refractivity contribution in [2.24, 2.45) is 0 Å². The molecule has 5 aromatic carbocycles. The summed E-state index contributed by atoms with van der Waals surface area (Å²) in [7, 11) is 5.13. The normalized spacial score (nSPS) is 18.1. The van der Waals surface area contributed by atoms with Gasteiger partial charge in [-0.1, -0.05) is 87.7 Å². The highest BCUT2D eigenvalue weighted by Gasteiger charge is 2.54. The van der Waals surface area contributed by atoms with E-state index in [0.717, 1.165) is 39.5 Å². The molecule has 0 radical (unpaired) electrons. The van der Waals surface area contributed by atoms with Gasteiger partial charge in [0.25, 0.3) is 0 Å². The van der Waals surface area contributed by atoms with E-state index < -0.39 is 5.60 Å². The molecule has 1 fully saturated rings. The summed E-state index contributed by atoms with van der Waals surface area (Å²) >= 11 is 0. The van der Waals surface area contributed by atoms with Crippen LogP contribution in [0.15, 0.2) is 97.1 Å². The molecule has 0 saturated heterocycles. The van der Waals surface area contributed by atoms with Crippen LogP contribution in [0.5, 0.6) is 23.0 Å². The number of benzene rings is 5. The van der Waals surface area contributed by atoms with Crippen molar-refractivity contribution in [3.05, 3.63) is 125 Å². The SMILES string of the molecule is COc1ccc(C2(c3ccc(OC)cc3)C=Cc3c4c(c5ccc(OC)cc5c3O2)-c2ccccc2C2(CCCCC2)C4(C)C)cc1. The van der Waals surface area contributed by atoms with Crippen LogP contribution < -0.4 is 18.9 Å². The third kappa shape index (κ3) is 4.20. The van der Waals surface area contributed by atoms with E-state index in [4.69, 9.17) is 18.9 Å².